The van der Waals surface area contributed by atoms with Crippen molar-refractivity contribution in [3.63, 3.8) is 0 Å². The van der Waals surface area contributed by atoms with Gasteiger partial charge < -0.3 is 19.2 Å². The fourth-order valence-electron chi connectivity index (χ4n) is 2.46. The van der Waals surface area contributed by atoms with Crippen LogP contribution in [0.15, 0.2) is 30.3 Å². The average Bonchev–Trinajstić information content (AvgIpc) is 3.03. The molecule has 0 radical (unpaired) electrons. The summed E-state index contributed by atoms with van der Waals surface area (Å²) in [4.78, 5) is 18.6. The van der Waals surface area contributed by atoms with Gasteiger partial charge >= 0.3 is 0 Å². The third kappa shape index (κ3) is 2.59. The van der Waals surface area contributed by atoms with Crippen LogP contribution in [-0.4, -0.2) is 37.6 Å². The van der Waals surface area contributed by atoms with Crippen LogP contribution < -0.4 is 14.2 Å². The highest BCUT2D eigenvalue weighted by atomic mass is 16.5. The van der Waals surface area contributed by atoms with Crippen LogP contribution in [0.4, 0.5) is 0 Å². The Kier molecular flexibility index (Phi) is 3.89. The third-order valence-corrected chi connectivity index (χ3v) is 3.58. The van der Waals surface area contributed by atoms with E-state index in [2.05, 4.69) is 9.97 Å². The summed E-state index contributed by atoms with van der Waals surface area (Å²) in [7, 11) is 4.69. The average molecular weight is 312 g/mol. The number of fused-ring (bicyclic) bond motifs is 1. The smallest absolute Gasteiger partial charge is 0.203 e. The van der Waals surface area contributed by atoms with E-state index >= 15 is 0 Å². The maximum atomic E-state index is 10.9. The Balaban J connectivity index is 2.15. The van der Waals surface area contributed by atoms with Crippen molar-refractivity contribution in [1.29, 1.82) is 0 Å². The Hall–Kier alpha value is -3.02. The number of hydrogen-bond donors (Lipinski definition) is 1. The zero-order valence-electron chi connectivity index (χ0n) is 13.0. The molecule has 0 amide bonds. The maximum Gasteiger partial charge on any atom is 0.203 e. The number of benzene rings is 2. The lowest BCUT2D eigenvalue weighted by molar-refractivity contribution is 0.112. The molecule has 6 heteroatoms. The van der Waals surface area contributed by atoms with Crippen molar-refractivity contribution >= 4 is 17.3 Å². The van der Waals surface area contributed by atoms with Crippen molar-refractivity contribution in [1.82, 2.24) is 9.97 Å². The molecule has 0 aliphatic carbocycles. The Labute approximate surface area is 133 Å². The van der Waals surface area contributed by atoms with Crippen LogP contribution >= 0.6 is 0 Å². The predicted octanol–water partition coefficient (Wildman–Crippen LogP) is 3.07. The lowest BCUT2D eigenvalue weighted by Gasteiger charge is -2.13. The van der Waals surface area contributed by atoms with Crippen molar-refractivity contribution in [3.05, 3.63) is 35.9 Å². The Morgan fingerprint density at radius 2 is 1.70 bits per heavy atom. The van der Waals surface area contributed by atoms with E-state index in [4.69, 9.17) is 14.2 Å². The highest BCUT2D eigenvalue weighted by Gasteiger charge is 2.16. The van der Waals surface area contributed by atoms with E-state index < -0.39 is 0 Å². The molecular weight excluding hydrogens is 296 g/mol. The fraction of sp³-hybridized carbons (Fsp3) is 0.176. The van der Waals surface area contributed by atoms with Crippen LogP contribution in [0, 0.1) is 0 Å². The van der Waals surface area contributed by atoms with Crippen LogP contribution in [-0.2, 0) is 0 Å². The molecule has 0 saturated heterocycles. The van der Waals surface area contributed by atoms with Gasteiger partial charge in [-0.1, -0.05) is 0 Å². The molecule has 3 rings (SSSR count). The van der Waals surface area contributed by atoms with Gasteiger partial charge in [-0.25, -0.2) is 4.98 Å². The number of aromatic amines is 1. The van der Waals surface area contributed by atoms with Crippen LogP contribution in [0.3, 0.4) is 0 Å². The number of methoxy groups -OCH3 is 3. The number of aromatic nitrogens is 2. The molecule has 1 heterocycles. The molecule has 0 saturated carbocycles. The molecule has 0 aliphatic rings. The first-order chi connectivity index (χ1) is 11.2. The molecule has 0 fully saturated rings. The number of carbonyl (C=O) groups is 1. The summed E-state index contributed by atoms with van der Waals surface area (Å²) in [5.74, 6) is 2.28. The molecule has 0 bridgehead atoms. The lowest BCUT2D eigenvalue weighted by Crippen LogP contribution is -1.96. The minimum absolute atomic E-state index is 0.526. The number of imidazole rings is 1. The van der Waals surface area contributed by atoms with E-state index in [1.165, 1.54) is 0 Å². The number of rotatable bonds is 5. The molecule has 0 spiro atoms. The lowest BCUT2D eigenvalue weighted by atomic mass is 10.1. The topological polar surface area (TPSA) is 73.4 Å². The van der Waals surface area contributed by atoms with Gasteiger partial charge in [0.15, 0.2) is 11.5 Å². The Morgan fingerprint density at radius 1 is 1.00 bits per heavy atom. The summed E-state index contributed by atoms with van der Waals surface area (Å²) >= 11 is 0. The highest BCUT2D eigenvalue weighted by molar-refractivity contribution is 5.86. The third-order valence-electron chi connectivity index (χ3n) is 3.58. The van der Waals surface area contributed by atoms with Gasteiger partial charge in [0.1, 0.15) is 12.1 Å². The first kappa shape index (κ1) is 14.9. The van der Waals surface area contributed by atoms with Gasteiger partial charge in [-0.2, -0.15) is 0 Å². The van der Waals surface area contributed by atoms with Gasteiger partial charge in [0.25, 0.3) is 0 Å². The highest BCUT2D eigenvalue weighted by Crippen LogP contribution is 2.40. The number of carbonyl (C=O) groups excluding carboxylic acids is 1. The summed E-state index contributed by atoms with van der Waals surface area (Å²) in [6.07, 6.45) is 0.805. The van der Waals surface area contributed by atoms with Gasteiger partial charge in [0.05, 0.1) is 32.4 Å². The second-order valence-electron chi connectivity index (χ2n) is 4.89. The van der Waals surface area contributed by atoms with Crippen molar-refractivity contribution in [3.8, 4) is 28.6 Å². The molecule has 0 atom stereocenters. The summed E-state index contributed by atoms with van der Waals surface area (Å²) in [6, 6.07) is 8.93. The number of nitrogens with zero attached hydrogens (tertiary/aromatic N) is 1. The van der Waals surface area contributed by atoms with Crippen LogP contribution in [0.1, 0.15) is 10.4 Å². The molecule has 6 nitrogen and oxygen atoms in total. The molecule has 3 aromatic rings. The largest absolute Gasteiger partial charge is 0.493 e. The molecule has 2 aromatic carbocycles. The number of aldehydes is 1. The quantitative estimate of drug-likeness (QED) is 0.733. The van der Waals surface area contributed by atoms with E-state index in [1.807, 2.05) is 12.1 Å². The molecule has 0 unspecified atom stereocenters. The zero-order valence-corrected chi connectivity index (χ0v) is 13.0. The first-order valence-corrected chi connectivity index (χ1v) is 6.95. The number of nitrogens with one attached hydrogen (secondary N) is 1. The first-order valence-electron chi connectivity index (χ1n) is 6.95. The zero-order chi connectivity index (χ0) is 16.4. The second kappa shape index (κ2) is 6.00. The van der Waals surface area contributed by atoms with Crippen molar-refractivity contribution in [2.24, 2.45) is 0 Å². The molecule has 0 aliphatic heterocycles. The molecular formula is C17H16N2O4. The summed E-state index contributed by atoms with van der Waals surface area (Å²) < 4.78 is 16.0. The molecule has 23 heavy (non-hydrogen) atoms. The van der Waals surface area contributed by atoms with Crippen molar-refractivity contribution in [2.75, 3.05) is 21.3 Å². The van der Waals surface area contributed by atoms with E-state index in [0.717, 1.165) is 22.9 Å². The SMILES string of the molecule is COc1cc(-c2nc3ccc(C=O)cc3[nH]2)cc(OC)c1OC. The van der Waals surface area contributed by atoms with E-state index in [9.17, 15) is 4.79 Å². The van der Waals surface area contributed by atoms with Gasteiger partial charge in [0.2, 0.25) is 5.75 Å². The van der Waals surface area contributed by atoms with Gasteiger partial charge in [-0.05, 0) is 30.3 Å². The molecule has 1 aromatic heterocycles. The number of hydrogen-bond acceptors (Lipinski definition) is 5. The van der Waals surface area contributed by atoms with Gasteiger partial charge in [-0.15, -0.1) is 0 Å². The van der Waals surface area contributed by atoms with E-state index in [1.54, 1.807) is 39.5 Å². The normalized spacial score (nSPS) is 10.6. The van der Waals surface area contributed by atoms with Crippen LogP contribution in [0.5, 0.6) is 17.2 Å². The monoisotopic (exact) mass is 312 g/mol. The van der Waals surface area contributed by atoms with Crippen molar-refractivity contribution in [2.45, 2.75) is 0 Å². The van der Waals surface area contributed by atoms with E-state index in [-0.39, 0.29) is 0 Å². The standard InChI is InChI=1S/C17H16N2O4/c1-21-14-7-11(8-15(22-2)16(14)23-3)17-18-12-5-4-10(9-20)6-13(12)19-17/h4-9H,1-3H3,(H,18,19). The van der Waals surface area contributed by atoms with Crippen LogP contribution in [0.2, 0.25) is 0 Å². The summed E-state index contributed by atoms with van der Waals surface area (Å²) in [5.41, 5.74) is 2.96. The van der Waals surface area contributed by atoms with Crippen molar-refractivity contribution < 1.29 is 19.0 Å². The Bertz CT molecular complexity index is 845. The molecule has 1 N–H and O–H groups in total. The van der Waals surface area contributed by atoms with Crippen LogP contribution in [0.25, 0.3) is 22.4 Å². The predicted molar refractivity (Wildman–Crippen MR) is 86.6 cm³/mol. The molecule has 118 valence electrons. The summed E-state index contributed by atoms with van der Waals surface area (Å²) in [6.45, 7) is 0. The summed E-state index contributed by atoms with van der Waals surface area (Å²) in [5, 5.41) is 0. The second-order valence-corrected chi connectivity index (χ2v) is 4.89. The minimum Gasteiger partial charge on any atom is -0.493 e. The minimum atomic E-state index is 0.526. The van der Waals surface area contributed by atoms with Gasteiger partial charge in [0, 0.05) is 11.1 Å². The Morgan fingerprint density at radius 3 is 2.26 bits per heavy atom. The van der Waals surface area contributed by atoms with Gasteiger partial charge in [-0.3, -0.25) is 4.79 Å². The number of H-pyrrole nitrogens is 1. The van der Waals surface area contributed by atoms with E-state index in [0.29, 0.717) is 28.6 Å². The maximum absolute atomic E-state index is 10.9. The fourth-order valence-corrected chi connectivity index (χ4v) is 2.46. The number of ether oxygens (including phenoxy) is 3.